The van der Waals surface area contributed by atoms with Gasteiger partial charge in [0.25, 0.3) is 0 Å². The number of likely N-dealkylation sites (N-methyl/N-ethyl adjacent to an activating group) is 1. The molecule has 0 radical (unpaired) electrons. The van der Waals surface area contributed by atoms with E-state index in [1.54, 1.807) is 7.11 Å². The fourth-order valence-electron chi connectivity index (χ4n) is 5.83. The van der Waals surface area contributed by atoms with Crippen molar-refractivity contribution in [3.05, 3.63) is 71.7 Å². The molecule has 0 saturated carbocycles. The van der Waals surface area contributed by atoms with Gasteiger partial charge in [-0.05, 0) is 42.9 Å². The van der Waals surface area contributed by atoms with Gasteiger partial charge < -0.3 is 28.7 Å². The number of ether oxygens (including phenoxy) is 2. The lowest BCUT2D eigenvalue weighted by Crippen LogP contribution is -2.45. The summed E-state index contributed by atoms with van der Waals surface area (Å²) in [7, 11) is 2.36. The molecule has 11 nitrogen and oxygen atoms in total. The molecule has 0 spiro atoms. The van der Waals surface area contributed by atoms with Crippen LogP contribution >= 0.6 is 0 Å². The lowest BCUT2D eigenvalue weighted by Gasteiger charge is -2.33. The fourth-order valence-corrected chi connectivity index (χ4v) is 6.59. The first-order valence-electron chi connectivity index (χ1n) is 16.5. The summed E-state index contributed by atoms with van der Waals surface area (Å²) in [4.78, 5) is 21.0. The summed E-state index contributed by atoms with van der Waals surface area (Å²) >= 11 is 0. The molecule has 4 heterocycles. The van der Waals surface area contributed by atoms with Gasteiger partial charge in [-0.25, -0.2) is 4.98 Å². The second-order valence-corrected chi connectivity index (χ2v) is 19.4. The molecule has 6 rings (SSSR count). The van der Waals surface area contributed by atoms with E-state index < -0.39 is 20.7 Å². The van der Waals surface area contributed by atoms with Crippen molar-refractivity contribution in [2.24, 2.45) is 0 Å². The van der Waals surface area contributed by atoms with E-state index in [0.29, 0.717) is 44.9 Å². The molecule has 49 heavy (non-hydrogen) atoms. The maximum Gasteiger partial charge on any atom is 0.393 e. The summed E-state index contributed by atoms with van der Waals surface area (Å²) in [5, 5.41) is 4.44. The van der Waals surface area contributed by atoms with Crippen molar-refractivity contribution in [3.63, 3.8) is 0 Å². The Morgan fingerprint density at radius 1 is 0.918 bits per heavy atom. The van der Waals surface area contributed by atoms with Gasteiger partial charge in [0.2, 0.25) is 11.9 Å². The smallest absolute Gasteiger partial charge is 0.393 e. The molecule has 0 N–H and O–H groups in total. The standard InChI is InChI=1S/C34H44F3N9O2Si/c1-42-14-16-43(17-15-42)32-40-31-26(20-34(35,36)37)21-38-46(31)33(41-32)44(22-25-10-12-27(47-2)13-11-25)23-30-39-28-8-6-7-9-29(28)45(30)24-48-18-19-49(3,4)5/h6-13,21H,14-20,22-24H2,1-5H3. The molecule has 5 aromatic rings. The number of rotatable bonds is 13. The fraction of sp³-hybridized carbons (Fsp3) is 0.471. The van der Waals surface area contributed by atoms with Crippen LogP contribution in [0.1, 0.15) is 17.0 Å². The second-order valence-electron chi connectivity index (χ2n) is 13.8. The molecule has 262 valence electrons. The highest BCUT2D eigenvalue weighted by Gasteiger charge is 2.32. The highest BCUT2D eigenvalue weighted by atomic mass is 28.3. The molecule has 2 aromatic carbocycles. The van der Waals surface area contributed by atoms with Crippen molar-refractivity contribution in [1.29, 1.82) is 0 Å². The average molecular weight is 696 g/mol. The zero-order valence-corrected chi connectivity index (χ0v) is 29.7. The number of fused-ring (bicyclic) bond motifs is 2. The molecule has 0 aliphatic carbocycles. The third kappa shape index (κ3) is 8.51. The summed E-state index contributed by atoms with van der Waals surface area (Å²) in [6.07, 6.45) is -4.31. The van der Waals surface area contributed by atoms with Gasteiger partial charge in [0, 0.05) is 53.0 Å². The summed E-state index contributed by atoms with van der Waals surface area (Å²) in [6, 6.07) is 16.6. The van der Waals surface area contributed by atoms with Crippen molar-refractivity contribution in [1.82, 2.24) is 34.0 Å². The second kappa shape index (κ2) is 14.3. The summed E-state index contributed by atoms with van der Waals surface area (Å²) in [6.45, 7) is 11.4. The summed E-state index contributed by atoms with van der Waals surface area (Å²) in [5.41, 5.74) is 2.85. The van der Waals surface area contributed by atoms with Crippen LogP contribution in [-0.2, 0) is 31.0 Å². The minimum Gasteiger partial charge on any atom is -0.497 e. The number of methoxy groups -OCH3 is 1. The van der Waals surface area contributed by atoms with Crippen molar-refractivity contribution >= 4 is 36.7 Å². The zero-order valence-electron chi connectivity index (χ0n) is 28.7. The largest absolute Gasteiger partial charge is 0.497 e. The molecule has 0 amide bonds. The van der Waals surface area contributed by atoms with Crippen LogP contribution in [0.15, 0.2) is 54.7 Å². The number of piperazine rings is 1. The molecular weight excluding hydrogens is 652 g/mol. The van der Waals surface area contributed by atoms with Gasteiger partial charge in [-0.2, -0.15) is 32.8 Å². The molecular formula is C34H44F3N9O2Si. The van der Waals surface area contributed by atoms with E-state index in [9.17, 15) is 13.2 Å². The molecule has 0 unspecified atom stereocenters. The molecule has 3 aromatic heterocycles. The Morgan fingerprint density at radius 3 is 2.35 bits per heavy atom. The van der Waals surface area contributed by atoms with Gasteiger partial charge >= 0.3 is 6.18 Å². The molecule has 1 aliphatic rings. The predicted molar refractivity (Wildman–Crippen MR) is 187 cm³/mol. The Hall–Kier alpha value is -4.21. The van der Waals surface area contributed by atoms with Crippen LogP contribution in [0, 0.1) is 0 Å². The van der Waals surface area contributed by atoms with Crippen LogP contribution in [-0.4, -0.2) is 95.2 Å². The van der Waals surface area contributed by atoms with Crippen LogP contribution in [0.3, 0.4) is 0 Å². The molecule has 0 bridgehead atoms. The van der Waals surface area contributed by atoms with E-state index >= 15 is 0 Å². The van der Waals surface area contributed by atoms with Gasteiger partial charge in [-0.15, -0.1) is 0 Å². The zero-order chi connectivity index (χ0) is 34.8. The maximum atomic E-state index is 13.7. The van der Waals surface area contributed by atoms with Gasteiger partial charge in [0.1, 0.15) is 18.3 Å². The molecule has 1 saturated heterocycles. The van der Waals surface area contributed by atoms with Crippen molar-refractivity contribution in [2.75, 3.05) is 56.7 Å². The van der Waals surface area contributed by atoms with Crippen molar-refractivity contribution in [3.8, 4) is 5.75 Å². The number of benzene rings is 2. The highest BCUT2D eigenvalue weighted by molar-refractivity contribution is 6.76. The van der Waals surface area contributed by atoms with E-state index in [-0.39, 0.29) is 17.8 Å². The number of anilines is 2. The van der Waals surface area contributed by atoms with Crippen LogP contribution in [0.2, 0.25) is 25.7 Å². The summed E-state index contributed by atoms with van der Waals surface area (Å²) < 4.78 is 56.3. The van der Waals surface area contributed by atoms with Gasteiger partial charge in [-0.3, -0.25) is 0 Å². The Morgan fingerprint density at radius 2 is 1.65 bits per heavy atom. The lowest BCUT2D eigenvalue weighted by atomic mass is 10.2. The van der Waals surface area contributed by atoms with Crippen LogP contribution < -0.4 is 14.5 Å². The average Bonchev–Trinajstić information content (AvgIpc) is 3.62. The number of halogens is 3. The quantitative estimate of drug-likeness (QED) is 0.111. The number of imidazole rings is 1. The number of hydrogen-bond acceptors (Lipinski definition) is 9. The number of para-hydroxylation sites is 2. The van der Waals surface area contributed by atoms with E-state index in [4.69, 9.17) is 19.4 Å². The normalized spacial score (nSPS) is 14.7. The number of aromatic nitrogens is 6. The topological polar surface area (TPSA) is 89.1 Å². The molecule has 0 atom stereocenters. The van der Waals surface area contributed by atoms with Crippen molar-refractivity contribution in [2.45, 2.75) is 58.1 Å². The van der Waals surface area contributed by atoms with Crippen LogP contribution in [0.4, 0.5) is 25.1 Å². The first-order valence-corrected chi connectivity index (χ1v) is 20.2. The van der Waals surface area contributed by atoms with Crippen LogP contribution in [0.25, 0.3) is 16.7 Å². The monoisotopic (exact) mass is 695 g/mol. The minimum absolute atomic E-state index is 0.000961. The maximum absolute atomic E-state index is 13.7. The van der Waals surface area contributed by atoms with Gasteiger partial charge in [0.05, 0.1) is 37.3 Å². The Labute approximate surface area is 285 Å². The molecule has 15 heteroatoms. The van der Waals surface area contributed by atoms with Gasteiger partial charge in [0.15, 0.2) is 5.65 Å². The number of alkyl halides is 3. The Balaban J connectivity index is 1.45. The third-order valence-electron chi connectivity index (χ3n) is 8.69. The van der Waals surface area contributed by atoms with E-state index in [0.717, 1.165) is 47.3 Å². The lowest BCUT2D eigenvalue weighted by molar-refractivity contribution is -0.127. The molecule has 1 fully saturated rings. The predicted octanol–water partition coefficient (Wildman–Crippen LogP) is 5.86. The minimum atomic E-state index is -4.42. The van der Waals surface area contributed by atoms with E-state index in [1.807, 2.05) is 65.4 Å². The van der Waals surface area contributed by atoms with Crippen LogP contribution in [0.5, 0.6) is 5.75 Å². The Bertz CT molecular complexity index is 1860. The van der Waals surface area contributed by atoms with E-state index in [1.165, 1.54) is 10.7 Å². The van der Waals surface area contributed by atoms with E-state index in [2.05, 4.69) is 39.2 Å². The van der Waals surface area contributed by atoms with Gasteiger partial charge in [-0.1, -0.05) is 43.9 Å². The third-order valence-corrected chi connectivity index (χ3v) is 10.4. The first-order chi connectivity index (χ1) is 23.4. The first kappa shape index (κ1) is 34.6. The Kier molecular flexibility index (Phi) is 10.1. The van der Waals surface area contributed by atoms with Crippen molar-refractivity contribution < 1.29 is 22.6 Å². The molecule has 1 aliphatic heterocycles. The summed E-state index contributed by atoms with van der Waals surface area (Å²) in [5.74, 6) is 2.21. The SMILES string of the molecule is COc1ccc(CN(Cc2nc3ccccc3n2COCC[Si](C)(C)C)c2nc(N3CCN(C)CC3)nc3c(CC(F)(F)F)cnn23)cc1. The number of hydrogen-bond donors (Lipinski definition) is 0. The number of nitrogens with zero attached hydrogens (tertiary/aromatic N) is 9. The highest BCUT2D eigenvalue weighted by Crippen LogP contribution is 2.29.